The molecule has 0 saturated carbocycles. The molecule has 24 heavy (non-hydrogen) atoms. The number of hydrogen-bond donors (Lipinski definition) is 1. The van der Waals surface area contributed by atoms with Crippen LogP contribution in [-0.2, 0) is 16.6 Å². The Labute approximate surface area is 143 Å². The van der Waals surface area contributed by atoms with Crippen LogP contribution in [0.5, 0.6) is 11.5 Å². The lowest BCUT2D eigenvalue weighted by Crippen LogP contribution is -2.25. The van der Waals surface area contributed by atoms with E-state index in [2.05, 4.69) is 4.72 Å². The maximum Gasteiger partial charge on any atom is 0.241 e. The topological polar surface area (TPSA) is 64.6 Å². The Bertz CT molecular complexity index is 799. The zero-order chi connectivity index (χ0) is 17.9. The van der Waals surface area contributed by atoms with Crippen LogP contribution in [0.1, 0.15) is 22.3 Å². The molecule has 0 aliphatic rings. The van der Waals surface area contributed by atoms with E-state index in [0.29, 0.717) is 22.0 Å². The van der Waals surface area contributed by atoms with Crippen LogP contribution < -0.4 is 14.2 Å². The molecular formula is C18H23NO4S. The molecule has 5 nitrogen and oxygen atoms in total. The predicted molar refractivity (Wildman–Crippen MR) is 94.2 cm³/mol. The van der Waals surface area contributed by atoms with Crippen molar-refractivity contribution in [3.63, 3.8) is 0 Å². The maximum atomic E-state index is 12.8. The summed E-state index contributed by atoms with van der Waals surface area (Å²) in [6, 6.07) is 9.07. The van der Waals surface area contributed by atoms with Gasteiger partial charge in [0.2, 0.25) is 10.0 Å². The van der Waals surface area contributed by atoms with Gasteiger partial charge in [0.15, 0.2) is 0 Å². The highest BCUT2D eigenvalue weighted by Crippen LogP contribution is 2.29. The fraction of sp³-hybridized carbons (Fsp3) is 0.333. The number of sulfonamides is 1. The average Bonchev–Trinajstić information content (AvgIpc) is 2.51. The van der Waals surface area contributed by atoms with E-state index >= 15 is 0 Å². The lowest BCUT2D eigenvalue weighted by molar-refractivity contribution is 0.384. The van der Waals surface area contributed by atoms with Crippen LogP contribution in [0.4, 0.5) is 0 Å². The Kier molecular flexibility index (Phi) is 5.51. The van der Waals surface area contributed by atoms with E-state index in [9.17, 15) is 8.42 Å². The van der Waals surface area contributed by atoms with Gasteiger partial charge in [0.1, 0.15) is 11.5 Å². The highest BCUT2D eigenvalue weighted by atomic mass is 32.2. The summed E-state index contributed by atoms with van der Waals surface area (Å²) in [4.78, 5) is 0.321. The van der Waals surface area contributed by atoms with Gasteiger partial charge in [-0.25, -0.2) is 13.1 Å². The van der Waals surface area contributed by atoms with Crippen LogP contribution >= 0.6 is 0 Å². The lowest BCUT2D eigenvalue weighted by atomic mass is 10.1. The third-order valence-corrected chi connectivity index (χ3v) is 5.55. The highest BCUT2D eigenvalue weighted by Gasteiger charge is 2.21. The molecule has 0 fully saturated rings. The third kappa shape index (κ3) is 3.71. The second-order valence-corrected chi connectivity index (χ2v) is 7.40. The minimum Gasteiger partial charge on any atom is -0.496 e. The molecule has 2 aromatic rings. The van der Waals surface area contributed by atoms with Gasteiger partial charge in [-0.2, -0.15) is 0 Å². The quantitative estimate of drug-likeness (QED) is 0.870. The van der Waals surface area contributed by atoms with E-state index in [0.717, 1.165) is 16.7 Å². The van der Waals surface area contributed by atoms with Crippen LogP contribution in [0.15, 0.2) is 35.2 Å². The zero-order valence-electron chi connectivity index (χ0n) is 14.6. The molecule has 0 aromatic heterocycles. The van der Waals surface area contributed by atoms with Gasteiger partial charge >= 0.3 is 0 Å². The fourth-order valence-corrected chi connectivity index (χ4v) is 4.38. The van der Waals surface area contributed by atoms with Gasteiger partial charge in [-0.15, -0.1) is 0 Å². The molecule has 2 rings (SSSR count). The first-order valence-electron chi connectivity index (χ1n) is 7.57. The van der Waals surface area contributed by atoms with Crippen molar-refractivity contribution in [1.82, 2.24) is 4.72 Å². The summed E-state index contributed by atoms with van der Waals surface area (Å²) in [5.41, 5.74) is 3.16. The van der Waals surface area contributed by atoms with Crippen LogP contribution in [0.2, 0.25) is 0 Å². The van der Waals surface area contributed by atoms with Crippen molar-refractivity contribution in [3.05, 3.63) is 52.6 Å². The van der Waals surface area contributed by atoms with Crippen molar-refractivity contribution in [3.8, 4) is 11.5 Å². The van der Waals surface area contributed by atoms with Crippen molar-refractivity contribution in [1.29, 1.82) is 0 Å². The molecule has 0 radical (unpaired) electrons. The van der Waals surface area contributed by atoms with Crippen LogP contribution in [0, 0.1) is 20.8 Å². The Balaban J connectivity index is 2.36. The number of benzene rings is 2. The second-order valence-electron chi connectivity index (χ2n) is 5.69. The lowest BCUT2D eigenvalue weighted by Gasteiger charge is -2.16. The molecule has 0 spiro atoms. The van der Waals surface area contributed by atoms with E-state index in [-0.39, 0.29) is 6.54 Å². The van der Waals surface area contributed by atoms with Gasteiger partial charge in [-0.3, -0.25) is 0 Å². The van der Waals surface area contributed by atoms with Crippen molar-refractivity contribution in [2.24, 2.45) is 0 Å². The van der Waals surface area contributed by atoms with Gasteiger partial charge in [0.25, 0.3) is 0 Å². The first-order chi connectivity index (χ1) is 11.3. The molecule has 0 unspecified atom stereocenters. The number of methoxy groups -OCH3 is 2. The van der Waals surface area contributed by atoms with Crippen molar-refractivity contribution in [2.45, 2.75) is 32.2 Å². The van der Waals surface area contributed by atoms with Gasteiger partial charge in [0, 0.05) is 6.54 Å². The zero-order valence-corrected chi connectivity index (χ0v) is 15.5. The normalized spacial score (nSPS) is 11.4. The summed E-state index contributed by atoms with van der Waals surface area (Å²) in [5.74, 6) is 1.16. The van der Waals surface area contributed by atoms with E-state index in [4.69, 9.17) is 9.47 Å². The Morgan fingerprint density at radius 3 is 1.92 bits per heavy atom. The van der Waals surface area contributed by atoms with Crippen LogP contribution in [0.3, 0.4) is 0 Å². The molecule has 0 bridgehead atoms. The first-order valence-corrected chi connectivity index (χ1v) is 9.06. The Morgan fingerprint density at radius 2 is 1.46 bits per heavy atom. The summed E-state index contributed by atoms with van der Waals surface area (Å²) in [6.45, 7) is 5.64. The SMILES string of the molecule is COc1cccc(OC)c1CNS(=O)(=O)c1c(C)cc(C)cc1C. The van der Waals surface area contributed by atoms with Gasteiger partial charge in [-0.1, -0.05) is 23.8 Å². The predicted octanol–water partition coefficient (Wildman–Crippen LogP) is 3.11. The number of nitrogens with one attached hydrogen (secondary N) is 1. The molecule has 0 saturated heterocycles. The fourth-order valence-electron chi connectivity index (χ4n) is 2.93. The van der Waals surface area contributed by atoms with Gasteiger partial charge in [0.05, 0.1) is 24.7 Å². The van der Waals surface area contributed by atoms with Crippen molar-refractivity contribution >= 4 is 10.0 Å². The van der Waals surface area contributed by atoms with Crippen LogP contribution in [-0.4, -0.2) is 22.6 Å². The molecule has 130 valence electrons. The summed E-state index contributed by atoms with van der Waals surface area (Å²) in [5, 5.41) is 0. The molecular weight excluding hydrogens is 326 g/mol. The van der Waals surface area contributed by atoms with Crippen LogP contribution in [0.25, 0.3) is 0 Å². The van der Waals surface area contributed by atoms with E-state index in [1.807, 2.05) is 19.1 Å². The largest absolute Gasteiger partial charge is 0.496 e. The Hall–Kier alpha value is -2.05. The van der Waals surface area contributed by atoms with E-state index in [1.54, 1.807) is 46.3 Å². The number of aryl methyl sites for hydroxylation is 3. The molecule has 2 aromatic carbocycles. The monoisotopic (exact) mass is 349 g/mol. The highest BCUT2D eigenvalue weighted by molar-refractivity contribution is 7.89. The van der Waals surface area contributed by atoms with Crippen molar-refractivity contribution < 1.29 is 17.9 Å². The molecule has 0 atom stereocenters. The van der Waals surface area contributed by atoms with Gasteiger partial charge in [-0.05, 0) is 44.0 Å². The number of hydrogen-bond acceptors (Lipinski definition) is 4. The molecule has 6 heteroatoms. The molecule has 0 heterocycles. The van der Waals surface area contributed by atoms with E-state index < -0.39 is 10.0 Å². The smallest absolute Gasteiger partial charge is 0.241 e. The minimum absolute atomic E-state index is 0.0856. The summed E-state index contributed by atoms with van der Waals surface area (Å²) in [6.07, 6.45) is 0. The average molecular weight is 349 g/mol. The van der Waals surface area contributed by atoms with Crippen molar-refractivity contribution in [2.75, 3.05) is 14.2 Å². The molecule has 0 amide bonds. The summed E-state index contributed by atoms with van der Waals surface area (Å²) < 4.78 is 38.8. The molecule has 1 N–H and O–H groups in total. The van der Waals surface area contributed by atoms with E-state index in [1.165, 1.54) is 0 Å². The minimum atomic E-state index is -3.65. The van der Waals surface area contributed by atoms with Gasteiger partial charge < -0.3 is 9.47 Å². The number of rotatable bonds is 6. The first kappa shape index (κ1) is 18.3. The number of ether oxygens (including phenoxy) is 2. The second kappa shape index (κ2) is 7.23. The standard InChI is InChI=1S/C18H23NO4S/c1-12-9-13(2)18(14(3)10-12)24(20,21)19-11-15-16(22-4)7-6-8-17(15)23-5/h6-10,19H,11H2,1-5H3. The molecule has 0 aliphatic heterocycles. The third-order valence-electron chi connectivity index (χ3n) is 3.84. The molecule has 0 aliphatic carbocycles. The Morgan fingerprint density at radius 1 is 0.958 bits per heavy atom. The maximum absolute atomic E-state index is 12.8. The summed E-state index contributed by atoms with van der Waals surface area (Å²) >= 11 is 0. The summed E-state index contributed by atoms with van der Waals surface area (Å²) in [7, 11) is -0.562.